The molecule has 0 amide bonds. The molecule has 1 heterocycles. The Morgan fingerprint density at radius 1 is 1.22 bits per heavy atom. The van der Waals surface area contributed by atoms with E-state index in [0.29, 0.717) is 16.6 Å². The fourth-order valence-electron chi connectivity index (χ4n) is 1.66. The minimum Gasteiger partial charge on any atom is -0.305 e. The first kappa shape index (κ1) is 13.3. The Bertz CT molecular complexity index is 514. The van der Waals surface area contributed by atoms with Crippen LogP contribution in [0.15, 0.2) is 42.6 Å². The van der Waals surface area contributed by atoms with Crippen molar-refractivity contribution < 1.29 is 0 Å². The van der Waals surface area contributed by atoms with Gasteiger partial charge < -0.3 is 5.32 Å². The minimum atomic E-state index is 0.179. The van der Waals surface area contributed by atoms with Gasteiger partial charge in [-0.25, -0.2) is 0 Å². The average molecular weight is 281 g/mol. The number of pyridine rings is 1. The maximum atomic E-state index is 6.12. The Morgan fingerprint density at radius 2 is 2.06 bits per heavy atom. The summed E-state index contributed by atoms with van der Waals surface area (Å²) in [6.45, 7) is 2.76. The highest BCUT2D eigenvalue weighted by Gasteiger charge is 2.07. The van der Waals surface area contributed by atoms with Crippen molar-refractivity contribution >= 4 is 23.2 Å². The molecular formula is C14H14Cl2N2. The van der Waals surface area contributed by atoms with Crippen LogP contribution < -0.4 is 5.32 Å². The van der Waals surface area contributed by atoms with E-state index in [1.807, 2.05) is 30.3 Å². The fraction of sp³-hybridized carbons (Fsp3) is 0.214. The molecule has 4 heteroatoms. The molecule has 18 heavy (non-hydrogen) atoms. The molecule has 0 aliphatic heterocycles. The van der Waals surface area contributed by atoms with Crippen molar-refractivity contribution in [1.82, 2.24) is 10.3 Å². The van der Waals surface area contributed by atoms with E-state index in [2.05, 4.69) is 17.2 Å². The highest BCUT2D eigenvalue weighted by Crippen LogP contribution is 2.21. The van der Waals surface area contributed by atoms with E-state index in [-0.39, 0.29) is 6.04 Å². The third-order valence-electron chi connectivity index (χ3n) is 2.75. The van der Waals surface area contributed by atoms with Crippen LogP contribution >= 0.6 is 23.2 Å². The summed E-state index contributed by atoms with van der Waals surface area (Å²) in [5, 5.41) is 4.72. The van der Waals surface area contributed by atoms with E-state index in [9.17, 15) is 0 Å². The molecule has 0 unspecified atom stereocenters. The molecule has 1 aromatic heterocycles. The molecule has 1 aromatic carbocycles. The highest BCUT2D eigenvalue weighted by molar-refractivity contribution is 6.35. The second-order valence-corrected chi connectivity index (χ2v) is 4.94. The Hall–Kier alpha value is -1.09. The number of aromatic nitrogens is 1. The lowest BCUT2D eigenvalue weighted by atomic mass is 10.2. The average Bonchev–Trinajstić information content (AvgIpc) is 2.38. The Morgan fingerprint density at radius 3 is 2.72 bits per heavy atom. The molecule has 94 valence electrons. The van der Waals surface area contributed by atoms with Gasteiger partial charge >= 0.3 is 0 Å². The van der Waals surface area contributed by atoms with Crippen molar-refractivity contribution in [3.05, 3.63) is 63.9 Å². The third-order valence-corrected chi connectivity index (χ3v) is 3.33. The summed E-state index contributed by atoms with van der Waals surface area (Å²) >= 11 is 12.0. The van der Waals surface area contributed by atoms with Gasteiger partial charge in [-0.2, -0.15) is 0 Å². The summed E-state index contributed by atoms with van der Waals surface area (Å²) in [7, 11) is 0. The van der Waals surface area contributed by atoms with E-state index in [4.69, 9.17) is 23.2 Å². The van der Waals surface area contributed by atoms with E-state index >= 15 is 0 Å². The van der Waals surface area contributed by atoms with Crippen molar-refractivity contribution in [3.63, 3.8) is 0 Å². The largest absolute Gasteiger partial charge is 0.305 e. The summed E-state index contributed by atoms with van der Waals surface area (Å²) in [5.74, 6) is 0. The van der Waals surface area contributed by atoms with Crippen LogP contribution in [-0.4, -0.2) is 4.98 Å². The van der Waals surface area contributed by atoms with Gasteiger partial charge in [-0.15, -0.1) is 0 Å². The maximum absolute atomic E-state index is 6.12. The van der Waals surface area contributed by atoms with Crippen LogP contribution in [0.4, 0.5) is 0 Å². The monoisotopic (exact) mass is 280 g/mol. The van der Waals surface area contributed by atoms with Gasteiger partial charge in [-0.1, -0.05) is 35.3 Å². The van der Waals surface area contributed by atoms with Gasteiger partial charge in [-0.05, 0) is 36.8 Å². The molecule has 0 fully saturated rings. The van der Waals surface area contributed by atoms with Gasteiger partial charge in [0.1, 0.15) is 0 Å². The topological polar surface area (TPSA) is 24.9 Å². The Labute approximate surface area is 117 Å². The van der Waals surface area contributed by atoms with Gasteiger partial charge in [0, 0.05) is 28.8 Å². The van der Waals surface area contributed by atoms with E-state index in [1.54, 1.807) is 12.3 Å². The van der Waals surface area contributed by atoms with Crippen LogP contribution in [0.5, 0.6) is 0 Å². The second-order valence-electron chi connectivity index (χ2n) is 4.09. The Kier molecular flexibility index (Phi) is 4.59. The fourth-order valence-corrected chi connectivity index (χ4v) is 2.14. The van der Waals surface area contributed by atoms with Gasteiger partial charge in [0.2, 0.25) is 0 Å². The quantitative estimate of drug-likeness (QED) is 0.906. The van der Waals surface area contributed by atoms with E-state index in [0.717, 1.165) is 11.3 Å². The van der Waals surface area contributed by atoms with Crippen LogP contribution in [0, 0.1) is 0 Å². The van der Waals surface area contributed by atoms with Crippen molar-refractivity contribution in [2.24, 2.45) is 0 Å². The predicted molar refractivity (Wildman–Crippen MR) is 76.0 cm³/mol. The number of benzene rings is 1. The number of hydrogen-bond donors (Lipinski definition) is 1. The Balaban J connectivity index is 1.99. The van der Waals surface area contributed by atoms with Crippen LogP contribution in [0.2, 0.25) is 10.0 Å². The lowest BCUT2D eigenvalue weighted by molar-refractivity contribution is 0.561. The van der Waals surface area contributed by atoms with Crippen LogP contribution in [0.3, 0.4) is 0 Å². The van der Waals surface area contributed by atoms with Crippen molar-refractivity contribution in [2.45, 2.75) is 19.5 Å². The minimum absolute atomic E-state index is 0.179. The molecule has 0 aliphatic carbocycles. The summed E-state index contributed by atoms with van der Waals surface area (Å²) in [6.07, 6.45) is 1.79. The van der Waals surface area contributed by atoms with Crippen molar-refractivity contribution in [1.29, 1.82) is 0 Å². The standard InChI is InChI=1S/C14H14Cl2N2/c1-10(14-4-2-3-7-17-14)18-9-11-5-6-12(15)8-13(11)16/h2-8,10,18H,9H2,1H3/t10-/m0/s1. The van der Waals surface area contributed by atoms with Gasteiger partial charge in [0.15, 0.2) is 0 Å². The molecule has 0 bridgehead atoms. The van der Waals surface area contributed by atoms with Gasteiger partial charge in [-0.3, -0.25) is 4.98 Å². The lowest BCUT2D eigenvalue weighted by Gasteiger charge is -2.14. The van der Waals surface area contributed by atoms with E-state index in [1.165, 1.54) is 0 Å². The maximum Gasteiger partial charge on any atom is 0.0570 e. The van der Waals surface area contributed by atoms with Crippen molar-refractivity contribution in [2.75, 3.05) is 0 Å². The second kappa shape index (κ2) is 6.19. The normalized spacial score (nSPS) is 12.4. The number of halogens is 2. The molecule has 2 rings (SSSR count). The first-order valence-electron chi connectivity index (χ1n) is 5.75. The zero-order chi connectivity index (χ0) is 13.0. The van der Waals surface area contributed by atoms with Gasteiger partial charge in [0.25, 0.3) is 0 Å². The molecule has 0 radical (unpaired) electrons. The molecule has 0 saturated heterocycles. The zero-order valence-electron chi connectivity index (χ0n) is 10.0. The summed E-state index contributed by atoms with van der Waals surface area (Å²) < 4.78 is 0. The van der Waals surface area contributed by atoms with E-state index < -0.39 is 0 Å². The zero-order valence-corrected chi connectivity index (χ0v) is 11.5. The third kappa shape index (κ3) is 3.45. The number of rotatable bonds is 4. The summed E-state index contributed by atoms with van der Waals surface area (Å²) in [5.41, 5.74) is 2.05. The van der Waals surface area contributed by atoms with Crippen molar-refractivity contribution in [3.8, 4) is 0 Å². The predicted octanol–water partition coefficient (Wildman–Crippen LogP) is 4.24. The van der Waals surface area contributed by atoms with Gasteiger partial charge in [0.05, 0.1) is 5.69 Å². The number of nitrogens with zero attached hydrogens (tertiary/aromatic N) is 1. The number of nitrogens with one attached hydrogen (secondary N) is 1. The molecular weight excluding hydrogens is 267 g/mol. The molecule has 1 N–H and O–H groups in total. The van der Waals surface area contributed by atoms with Crippen LogP contribution in [0.1, 0.15) is 24.2 Å². The molecule has 1 atom stereocenters. The lowest BCUT2D eigenvalue weighted by Crippen LogP contribution is -2.19. The highest BCUT2D eigenvalue weighted by atomic mass is 35.5. The van der Waals surface area contributed by atoms with Crippen LogP contribution in [0.25, 0.3) is 0 Å². The van der Waals surface area contributed by atoms with Crippen LogP contribution in [-0.2, 0) is 6.54 Å². The molecule has 2 nitrogen and oxygen atoms in total. The molecule has 0 saturated carbocycles. The first-order valence-corrected chi connectivity index (χ1v) is 6.50. The molecule has 0 spiro atoms. The first-order chi connectivity index (χ1) is 8.66. The number of hydrogen-bond acceptors (Lipinski definition) is 2. The molecule has 2 aromatic rings. The summed E-state index contributed by atoms with van der Waals surface area (Å²) in [4.78, 5) is 4.31. The summed E-state index contributed by atoms with van der Waals surface area (Å²) in [6, 6.07) is 11.6. The molecule has 0 aliphatic rings. The smallest absolute Gasteiger partial charge is 0.0570 e. The SMILES string of the molecule is C[C@H](NCc1ccc(Cl)cc1Cl)c1ccccn1.